The number of aryl methyl sites for hydroxylation is 4. The number of benzene rings is 3. The van der Waals surface area contributed by atoms with E-state index in [2.05, 4.69) is 80.8 Å². The summed E-state index contributed by atoms with van der Waals surface area (Å²) < 4.78 is 2.31. The molecule has 0 aliphatic heterocycles. The van der Waals surface area contributed by atoms with E-state index in [1.807, 2.05) is 13.8 Å². The Kier molecular flexibility index (Phi) is 10.5. The Labute approximate surface area is 219 Å². The Morgan fingerprint density at radius 1 is 0.611 bits per heavy atom. The number of fused-ring (bicyclic) bond motifs is 3. The summed E-state index contributed by atoms with van der Waals surface area (Å²) in [5.41, 5.74) is 8.47. The van der Waals surface area contributed by atoms with Crippen molar-refractivity contribution in [2.75, 3.05) is 0 Å². The van der Waals surface area contributed by atoms with Gasteiger partial charge in [-0.25, -0.2) is 0 Å². The molecule has 0 saturated carbocycles. The molecule has 1 heterocycles. The van der Waals surface area contributed by atoms with Gasteiger partial charge in [-0.15, -0.1) is 0 Å². The molecule has 0 fully saturated rings. The maximum Gasteiger partial charge on any atom is 0.142 e. The highest BCUT2D eigenvalue weighted by atomic mass is 16.3. The summed E-state index contributed by atoms with van der Waals surface area (Å²) in [7, 11) is 0. The molecule has 0 amide bonds. The van der Waals surface area contributed by atoms with Crippen LogP contribution < -0.4 is 0 Å². The second-order valence-electron chi connectivity index (χ2n) is 9.83. The average Bonchev–Trinajstić information content (AvgIpc) is 3.24. The molecule has 0 spiro atoms. The molecule has 0 radical (unpaired) electrons. The Balaban J connectivity index is 0.00000176. The van der Waals surface area contributed by atoms with Crippen LogP contribution >= 0.6 is 0 Å². The molecule has 2 heteroatoms. The summed E-state index contributed by atoms with van der Waals surface area (Å²) in [6, 6.07) is 18.3. The van der Waals surface area contributed by atoms with Crippen LogP contribution in [0.3, 0.4) is 0 Å². The molecule has 3 aromatic carbocycles. The van der Waals surface area contributed by atoms with Gasteiger partial charge in [-0.1, -0.05) is 79.0 Å². The van der Waals surface area contributed by atoms with Crippen LogP contribution in [-0.2, 0) is 25.7 Å². The maximum atomic E-state index is 11.4. The smallest absolute Gasteiger partial charge is 0.142 e. The quantitative estimate of drug-likeness (QED) is 0.224. The third-order valence-electron chi connectivity index (χ3n) is 7.20. The minimum Gasteiger partial charge on any atom is -0.505 e. The summed E-state index contributed by atoms with van der Waals surface area (Å²) >= 11 is 0. The van der Waals surface area contributed by atoms with Crippen molar-refractivity contribution in [3.8, 4) is 11.4 Å². The van der Waals surface area contributed by atoms with Gasteiger partial charge in [0, 0.05) is 10.8 Å². The first-order valence-corrected chi connectivity index (χ1v) is 14.5. The first kappa shape index (κ1) is 27.8. The number of rotatable bonds is 11. The van der Waals surface area contributed by atoms with Gasteiger partial charge in [0.1, 0.15) is 5.75 Å². The summed E-state index contributed by atoms with van der Waals surface area (Å²) in [5.74, 6) is 0.423. The zero-order valence-corrected chi connectivity index (χ0v) is 23.6. The van der Waals surface area contributed by atoms with Crippen LogP contribution in [-0.4, -0.2) is 9.67 Å². The maximum absolute atomic E-state index is 11.4. The van der Waals surface area contributed by atoms with E-state index >= 15 is 0 Å². The summed E-state index contributed by atoms with van der Waals surface area (Å²) in [4.78, 5) is 0. The number of hydrogen-bond donors (Lipinski definition) is 1. The lowest BCUT2D eigenvalue weighted by atomic mass is 10.0. The Morgan fingerprint density at radius 3 is 1.53 bits per heavy atom. The molecule has 0 aliphatic rings. The number of hydrogen-bond acceptors (Lipinski definition) is 1. The number of nitrogens with zero attached hydrogens (tertiary/aromatic N) is 1. The van der Waals surface area contributed by atoms with Gasteiger partial charge < -0.3 is 9.67 Å². The SMILES string of the molecule is CC.CCCCc1cc(CC)c(O)c(-n2c3ccc(CCCC)cc3c3cc(CCCC)ccc32)c1. The molecule has 4 rings (SSSR count). The van der Waals surface area contributed by atoms with Gasteiger partial charge in [0.05, 0.1) is 16.7 Å². The third-order valence-corrected chi connectivity index (χ3v) is 7.20. The van der Waals surface area contributed by atoms with Gasteiger partial charge in [-0.3, -0.25) is 0 Å². The van der Waals surface area contributed by atoms with E-state index in [4.69, 9.17) is 0 Å². The number of phenolic OH excluding ortho intramolecular Hbond substituents is 1. The zero-order valence-electron chi connectivity index (χ0n) is 23.6. The molecular formula is C34H47NO. The minimum absolute atomic E-state index is 0.423. The molecule has 0 bridgehead atoms. The van der Waals surface area contributed by atoms with Crippen molar-refractivity contribution in [1.29, 1.82) is 0 Å². The molecule has 1 aromatic heterocycles. The number of unbranched alkanes of at least 4 members (excludes halogenated alkanes) is 3. The Bertz CT molecular complexity index is 1200. The van der Waals surface area contributed by atoms with E-state index in [-0.39, 0.29) is 0 Å². The lowest BCUT2D eigenvalue weighted by Crippen LogP contribution is -2.00. The van der Waals surface area contributed by atoms with Gasteiger partial charge in [0.15, 0.2) is 0 Å². The van der Waals surface area contributed by atoms with Gasteiger partial charge in [0.2, 0.25) is 0 Å². The molecule has 4 aromatic rings. The van der Waals surface area contributed by atoms with E-state index in [9.17, 15) is 5.11 Å². The minimum atomic E-state index is 0.423. The van der Waals surface area contributed by atoms with Gasteiger partial charge in [-0.05, 0) is 97.5 Å². The van der Waals surface area contributed by atoms with Gasteiger partial charge in [-0.2, -0.15) is 0 Å². The van der Waals surface area contributed by atoms with Crippen molar-refractivity contribution in [2.45, 2.75) is 106 Å². The molecule has 36 heavy (non-hydrogen) atoms. The van der Waals surface area contributed by atoms with Crippen LogP contribution in [0.4, 0.5) is 0 Å². The molecule has 0 atom stereocenters. The van der Waals surface area contributed by atoms with Gasteiger partial charge >= 0.3 is 0 Å². The number of aromatic nitrogens is 1. The van der Waals surface area contributed by atoms with Crippen molar-refractivity contribution in [3.63, 3.8) is 0 Å². The lowest BCUT2D eigenvalue weighted by Gasteiger charge is -2.16. The van der Waals surface area contributed by atoms with Crippen molar-refractivity contribution in [3.05, 3.63) is 70.8 Å². The standard InChI is InChI=1S/C32H41NO.C2H6/c1-5-9-12-23-15-17-29-27(20-23)28-21-24(13-10-6-2)16-18-30(28)33(29)31-22-25(14-11-7-3)19-26(8-4)32(31)34;1-2/h15-22,34H,5-14H2,1-4H3;1-2H3. The molecule has 194 valence electrons. The number of aromatic hydroxyl groups is 1. The topological polar surface area (TPSA) is 25.2 Å². The van der Waals surface area contributed by atoms with Crippen LogP contribution in [0.15, 0.2) is 48.5 Å². The molecule has 0 aliphatic carbocycles. The molecule has 2 nitrogen and oxygen atoms in total. The fourth-order valence-electron chi connectivity index (χ4n) is 5.16. The largest absolute Gasteiger partial charge is 0.505 e. The van der Waals surface area contributed by atoms with Crippen molar-refractivity contribution in [2.24, 2.45) is 0 Å². The summed E-state index contributed by atoms with van der Waals surface area (Å²) in [6.45, 7) is 12.9. The summed E-state index contributed by atoms with van der Waals surface area (Å²) in [5, 5.41) is 14.0. The molecule has 1 N–H and O–H groups in total. The lowest BCUT2D eigenvalue weighted by molar-refractivity contribution is 0.466. The average molecular weight is 486 g/mol. The van der Waals surface area contributed by atoms with Crippen LogP contribution in [0.25, 0.3) is 27.5 Å². The fraction of sp³-hybridized carbons (Fsp3) is 0.471. The predicted molar refractivity (Wildman–Crippen MR) is 159 cm³/mol. The van der Waals surface area contributed by atoms with E-state index in [1.54, 1.807) is 0 Å². The molecule has 0 saturated heterocycles. The Morgan fingerprint density at radius 2 is 1.08 bits per heavy atom. The normalized spacial score (nSPS) is 11.2. The Hall–Kier alpha value is -2.74. The van der Waals surface area contributed by atoms with E-state index in [1.165, 1.54) is 77.0 Å². The second kappa shape index (κ2) is 13.5. The van der Waals surface area contributed by atoms with Crippen LogP contribution in [0.1, 0.15) is 102 Å². The van der Waals surface area contributed by atoms with Gasteiger partial charge in [0.25, 0.3) is 0 Å². The first-order chi connectivity index (χ1) is 17.6. The molecule has 0 unspecified atom stereocenters. The highest BCUT2D eigenvalue weighted by molar-refractivity contribution is 6.10. The van der Waals surface area contributed by atoms with Crippen molar-refractivity contribution in [1.82, 2.24) is 4.57 Å². The van der Waals surface area contributed by atoms with Crippen molar-refractivity contribution < 1.29 is 5.11 Å². The fourth-order valence-corrected chi connectivity index (χ4v) is 5.16. The molecular weight excluding hydrogens is 438 g/mol. The van der Waals surface area contributed by atoms with Crippen molar-refractivity contribution >= 4 is 21.8 Å². The predicted octanol–water partition coefficient (Wildman–Crippen LogP) is 10.1. The highest BCUT2D eigenvalue weighted by Gasteiger charge is 2.18. The van der Waals surface area contributed by atoms with E-state index in [0.29, 0.717) is 5.75 Å². The van der Waals surface area contributed by atoms with E-state index in [0.717, 1.165) is 36.9 Å². The summed E-state index contributed by atoms with van der Waals surface area (Å²) in [6.07, 6.45) is 11.3. The first-order valence-electron chi connectivity index (χ1n) is 14.5. The monoisotopic (exact) mass is 485 g/mol. The second-order valence-corrected chi connectivity index (χ2v) is 9.83. The van der Waals surface area contributed by atoms with Crippen LogP contribution in [0, 0.1) is 0 Å². The van der Waals surface area contributed by atoms with Crippen LogP contribution in [0.2, 0.25) is 0 Å². The van der Waals surface area contributed by atoms with Crippen LogP contribution in [0.5, 0.6) is 5.75 Å². The van der Waals surface area contributed by atoms with E-state index < -0.39 is 0 Å². The number of phenols is 1. The third kappa shape index (κ3) is 5.97. The zero-order chi connectivity index (χ0) is 26.1. The highest BCUT2D eigenvalue weighted by Crippen LogP contribution is 2.38.